The van der Waals surface area contributed by atoms with Crippen LogP contribution in [-0.2, 0) is 19.4 Å². The number of nitrogens with zero attached hydrogens (tertiary/aromatic N) is 2. The van der Waals surface area contributed by atoms with Crippen molar-refractivity contribution in [2.45, 2.75) is 78.7 Å². The number of benzene rings is 2. The molecule has 4 heteroatoms. The molecule has 0 fully saturated rings. The Bertz CT molecular complexity index is 1300. The predicted octanol–water partition coefficient (Wildman–Crippen LogP) is 7.29. The summed E-state index contributed by atoms with van der Waals surface area (Å²) in [5, 5.41) is 1.24. The second-order valence-electron chi connectivity index (χ2n) is 11.3. The molecule has 2 unspecified atom stereocenters. The van der Waals surface area contributed by atoms with Crippen LogP contribution in [0, 0.1) is 5.41 Å². The van der Waals surface area contributed by atoms with Gasteiger partial charge < -0.3 is 15.2 Å². The Morgan fingerprint density at radius 1 is 1.17 bits per heavy atom. The van der Waals surface area contributed by atoms with Gasteiger partial charge in [0.1, 0.15) is 0 Å². The molecule has 1 amide bonds. The van der Waals surface area contributed by atoms with Gasteiger partial charge in [0.25, 0.3) is 0 Å². The van der Waals surface area contributed by atoms with Crippen LogP contribution in [0.3, 0.4) is 0 Å². The van der Waals surface area contributed by atoms with E-state index in [9.17, 15) is 4.79 Å². The first-order valence-corrected chi connectivity index (χ1v) is 13.6. The van der Waals surface area contributed by atoms with Crippen LogP contribution in [0.4, 0.5) is 0 Å². The van der Waals surface area contributed by atoms with E-state index >= 15 is 0 Å². The van der Waals surface area contributed by atoms with E-state index in [0.717, 1.165) is 37.0 Å². The largest absolute Gasteiger partial charge is 0.381 e. The number of aryl methyl sites for hydroxylation is 1. The standard InChI is InChI=1S/C32H43N3O/c1-8-10-11-12-21(3)29-27-16-14-24(31(33)36)18-28(27)35-20-32(5,22(4)34(6)7)19-25-17-23(9-2)13-15-26(25)30(29)35/h13-18,21H,4,8-12,19-20H2,1-3,5-7H3,(H2,33,36). The van der Waals surface area contributed by atoms with Crippen molar-refractivity contribution in [3.63, 3.8) is 0 Å². The van der Waals surface area contributed by atoms with Gasteiger partial charge in [0.2, 0.25) is 5.91 Å². The zero-order valence-corrected chi connectivity index (χ0v) is 23.1. The van der Waals surface area contributed by atoms with Gasteiger partial charge in [0.05, 0.1) is 5.69 Å². The van der Waals surface area contributed by atoms with Gasteiger partial charge in [0, 0.05) is 53.8 Å². The molecule has 4 rings (SSSR count). The molecule has 0 aliphatic carbocycles. The van der Waals surface area contributed by atoms with Gasteiger partial charge in [-0.2, -0.15) is 0 Å². The van der Waals surface area contributed by atoms with Crippen LogP contribution in [-0.4, -0.2) is 29.5 Å². The zero-order chi connectivity index (χ0) is 26.2. The maximum atomic E-state index is 12.2. The van der Waals surface area contributed by atoms with Crippen LogP contribution in [0.5, 0.6) is 0 Å². The summed E-state index contributed by atoms with van der Waals surface area (Å²) in [6.45, 7) is 14.5. The Kier molecular flexibility index (Phi) is 7.36. The average molecular weight is 486 g/mol. The van der Waals surface area contributed by atoms with Crippen LogP contribution >= 0.6 is 0 Å². The van der Waals surface area contributed by atoms with E-state index in [1.807, 2.05) is 12.1 Å². The Balaban J connectivity index is 2.06. The summed E-state index contributed by atoms with van der Waals surface area (Å²) in [5.41, 5.74) is 15.1. The van der Waals surface area contributed by atoms with Crippen molar-refractivity contribution in [2.24, 2.45) is 11.1 Å². The molecule has 2 heterocycles. The minimum absolute atomic E-state index is 0.173. The van der Waals surface area contributed by atoms with E-state index in [2.05, 4.69) is 82.1 Å². The van der Waals surface area contributed by atoms with Crippen molar-refractivity contribution >= 4 is 16.8 Å². The molecule has 1 aromatic heterocycles. The van der Waals surface area contributed by atoms with E-state index in [-0.39, 0.29) is 11.3 Å². The number of allylic oxidation sites excluding steroid dienone is 1. The molecule has 2 N–H and O–H groups in total. The number of hydrogen-bond acceptors (Lipinski definition) is 2. The molecule has 0 spiro atoms. The second kappa shape index (κ2) is 10.2. The third-order valence-electron chi connectivity index (χ3n) is 8.28. The number of carbonyl (C=O) groups is 1. The molecule has 1 aliphatic heterocycles. The molecule has 1 aliphatic rings. The first-order chi connectivity index (χ1) is 17.1. The van der Waals surface area contributed by atoms with Crippen molar-refractivity contribution < 1.29 is 4.79 Å². The normalized spacial score (nSPS) is 17.8. The highest BCUT2D eigenvalue weighted by Crippen LogP contribution is 2.48. The fraction of sp³-hybridized carbons (Fsp3) is 0.469. The van der Waals surface area contributed by atoms with Gasteiger partial charge in [-0.3, -0.25) is 4.79 Å². The number of carbonyl (C=O) groups excluding carboxylic acids is 1. The molecule has 0 radical (unpaired) electrons. The second-order valence-corrected chi connectivity index (χ2v) is 11.3. The Labute approximate surface area is 217 Å². The van der Waals surface area contributed by atoms with Gasteiger partial charge in [-0.05, 0) is 54.0 Å². The molecular formula is C32H43N3O. The van der Waals surface area contributed by atoms with Gasteiger partial charge in [-0.25, -0.2) is 0 Å². The summed E-state index contributed by atoms with van der Waals surface area (Å²) in [5.74, 6) is 0.0295. The monoisotopic (exact) mass is 485 g/mol. The molecule has 3 aromatic rings. The Hall–Kier alpha value is -3.01. The lowest BCUT2D eigenvalue weighted by molar-refractivity contribution is 0.100. The number of primary amides is 1. The van der Waals surface area contributed by atoms with Crippen LogP contribution in [0.15, 0.2) is 48.7 Å². The third-order valence-corrected chi connectivity index (χ3v) is 8.28. The number of fused-ring (bicyclic) bond motifs is 5. The van der Waals surface area contributed by atoms with Gasteiger partial charge in [0.15, 0.2) is 0 Å². The molecule has 2 aromatic carbocycles. The molecule has 2 atom stereocenters. The molecule has 36 heavy (non-hydrogen) atoms. The minimum Gasteiger partial charge on any atom is -0.381 e. The number of unbranched alkanes of at least 4 members (excludes halogenated alkanes) is 2. The maximum Gasteiger partial charge on any atom is 0.248 e. The SMILES string of the molecule is C=C(N(C)C)C1(C)Cc2cc(CC)ccc2-c2c(C(C)CCCCC)c3ccc(C(N)=O)cc3n2C1. The van der Waals surface area contributed by atoms with Crippen LogP contribution in [0.2, 0.25) is 0 Å². The number of hydrogen-bond donors (Lipinski definition) is 1. The molecule has 0 saturated carbocycles. The van der Waals surface area contributed by atoms with Crippen molar-refractivity contribution in [3.05, 3.63) is 70.9 Å². The quantitative estimate of drug-likeness (QED) is 0.324. The highest BCUT2D eigenvalue weighted by atomic mass is 16.1. The molecule has 192 valence electrons. The summed E-state index contributed by atoms with van der Waals surface area (Å²) >= 11 is 0. The zero-order valence-electron chi connectivity index (χ0n) is 23.1. The lowest BCUT2D eigenvalue weighted by Crippen LogP contribution is -2.33. The van der Waals surface area contributed by atoms with E-state index in [1.54, 1.807) is 0 Å². The first kappa shape index (κ1) is 26.1. The van der Waals surface area contributed by atoms with Crippen molar-refractivity contribution in [2.75, 3.05) is 14.1 Å². The fourth-order valence-corrected chi connectivity index (χ4v) is 6.13. The van der Waals surface area contributed by atoms with Gasteiger partial charge in [-0.1, -0.05) is 77.8 Å². The summed E-state index contributed by atoms with van der Waals surface area (Å²) in [6.07, 6.45) is 6.79. The number of amides is 1. The van der Waals surface area contributed by atoms with Crippen LogP contribution in [0.1, 0.15) is 86.3 Å². The number of aromatic nitrogens is 1. The Morgan fingerprint density at radius 2 is 1.92 bits per heavy atom. The third kappa shape index (κ3) is 4.58. The van der Waals surface area contributed by atoms with Gasteiger partial charge >= 0.3 is 0 Å². The predicted molar refractivity (Wildman–Crippen MR) is 152 cm³/mol. The number of rotatable bonds is 9. The van der Waals surface area contributed by atoms with Crippen molar-refractivity contribution in [3.8, 4) is 11.3 Å². The van der Waals surface area contributed by atoms with E-state index in [1.165, 1.54) is 52.6 Å². The Morgan fingerprint density at radius 3 is 2.56 bits per heavy atom. The van der Waals surface area contributed by atoms with Crippen molar-refractivity contribution in [1.82, 2.24) is 9.47 Å². The highest BCUT2D eigenvalue weighted by Gasteiger charge is 2.37. The van der Waals surface area contributed by atoms with Gasteiger partial charge in [-0.15, -0.1) is 0 Å². The minimum atomic E-state index is -0.382. The lowest BCUT2D eigenvalue weighted by atomic mass is 9.79. The molecular weight excluding hydrogens is 442 g/mol. The topological polar surface area (TPSA) is 51.3 Å². The maximum absolute atomic E-state index is 12.2. The smallest absolute Gasteiger partial charge is 0.248 e. The highest BCUT2D eigenvalue weighted by molar-refractivity contribution is 6.00. The molecule has 0 bridgehead atoms. The molecule has 4 nitrogen and oxygen atoms in total. The van der Waals surface area contributed by atoms with Crippen LogP contribution < -0.4 is 5.73 Å². The van der Waals surface area contributed by atoms with Crippen molar-refractivity contribution in [1.29, 1.82) is 0 Å². The fourth-order valence-electron chi connectivity index (χ4n) is 6.13. The average Bonchev–Trinajstić information content (AvgIpc) is 3.08. The number of nitrogens with two attached hydrogens (primary N) is 1. The lowest BCUT2D eigenvalue weighted by Gasteiger charge is -2.35. The first-order valence-electron chi connectivity index (χ1n) is 13.6. The summed E-state index contributed by atoms with van der Waals surface area (Å²) in [6, 6.07) is 13.1. The summed E-state index contributed by atoms with van der Waals surface area (Å²) < 4.78 is 2.47. The van der Waals surface area contributed by atoms with E-state index < -0.39 is 0 Å². The van der Waals surface area contributed by atoms with E-state index in [0.29, 0.717) is 11.5 Å². The van der Waals surface area contributed by atoms with Crippen LogP contribution in [0.25, 0.3) is 22.2 Å². The summed E-state index contributed by atoms with van der Waals surface area (Å²) in [7, 11) is 4.17. The molecule has 0 saturated heterocycles. The van der Waals surface area contributed by atoms with E-state index in [4.69, 9.17) is 5.73 Å². The summed E-state index contributed by atoms with van der Waals surface area (Å²) in [4.78, 5) is 14.3.